The number of amides is 1. The molecule has 2 aromatic rings. The Morgan fingerprint density at radius 1 is 1.15 bits per heavy atom. The van der Waals surface area contributed by atoms with Crippen molar-refractivity contribution in [2.45, 2.75) is 6.54 Å². The molecule has 2 aromatic carbocycles. The zero-order chi connectivity index (χ0) is 14.5. The van der Waals surface area contributed by atoms with Gasteiger partial charge in [0.05, 0.1) is 0 Å². The van der Waals surface area contributed by atoms with Gasteiger partial charge in [-0.2, -0.15) is 0 Å². The van der Waals surface area contributed by atoms with Crippen LogP contribution in [0.25, 0.3) is 0 Å². The molecule has 2 rings (SSSR count). The lowest BCUT2D eigenvalue weighted by Gasteiger charge is -2.12. The van der Waals surface area contributed by atoms with Crippen LogP contribution in [0, 0.1) is 5.82 Å². The van der Waals surface area contributed by atoms with Gasteiger partial charge in [-0.3, -0.25) is 4.79 Å². The largest absolute Gasteiger partial charge is 0.381 e. The molecule has 0 aliphatic rings. The van der Waals surface area contributed by atoms with E-state index in [0.717, 1.165) is 11.3 Å². The molecule has 0 fully saturated rings. The normalized spacial score (nSPS) is 10.2. The summed E-state index contributed by atoms with van der Waals surface area (Å²) in [4.78, 5) is 13.4. The topological polar surface area (TPSA) is 32.3 Å². The third kappa shape index (κ3) is 3.57. The summed E-state index contributed by atoms with van der Waals surface area (Å²) in [6, 6.07) is 13.7. The highest BCUT2D eigenvalue weighted by atomic mass is 19.1. The Kier molecular flexibility index (Phi) is 4.35. The quantitative estimate of drug-likeness (QED) is 0.927. The number of anilines is 1. The Balaban J connectivity index is 2.07. The lowest BCUT2D eigenvalue weighted by Crippen LogP contribution is -2.21. The summed E-state index contributed by atoms with van der Waals surface area (Å²) in [5.74, 6) is -0.291. The van der Waals surface area contributed by atoms with Crippen molar-refractivity contribution in [2.24, 2.45) is 0 Å². The average molecular weight is 272 g/mol. The molecule has 0 saturated carbocycles. The fourth-order valence-corrected chi connectivity index (χ4v) is 1.87. The molecule has 0 atom stereocenters. The van der Waals surface area contributed by atoms with Gasteiger partial charge in [0, 0.05) is 31.9 Å². The molecule has 0 aromatic heterocycles. The van der Waals surface area contributed by atoms with E-state index in [1.165, 1.54) is 17.0 Å². The summed E-state index contributed by atoms with van der Waals surface area (Å²) in [5, 5.41) is 3.18. The van der Waals surface area contributed by atoms with Crippen molar-refractivity contribution in [3.63, 3.8) is 0 Å². The van der Waals surface area contributed by atoms with E-state index in [4.69, 9.17) is 0 Å². The molecule has 104 valence electrons. The molecule has 1 N–H and O–H groups in total. The molecule has 0 aliphatic heterocycles. The standard InChI is InChI=1S/C16H17FN2O/c1-19(2)16(20)13-6-4-8-15(10-13)18-11-12-5-3-7-14(17)9-12/h3-10,18H,11H2,1-2H3. The second-order valence-corrected chi connectivity index (χ2v) is 4.76. The van der Waals surface area contributed by atoms with Gasteiger partial charge in [0.15, 0.2) is 0 Å². The zero-order valence-corrected chi connectivity index (χ0v) is 11.6. The van der Waals surface area contributed by atoms with Gasteiger partial charge in [-0.25, -0.2) is 4.39 Å². The fraction of sp³-hybridized carbons (Fsp3) is 0.188. The number of nitrogens with one attached hydrogen (secondary N) is 1. The smallest absolute Gasteiger partial charge is 0.253 e. The third-order valence-electron chi connectivity index (χ3n) is 2.90. The van der Waals surface area contributed by atoms with E-state index < -0.39 is 0 Å². The number of hydrogen-bond donors (Lipinski definition) is 1. The van der Waals surface area contributed by atoms with Crippen LogP contribution in [-0.4, -0.2) is 24.9 Å². The van der Waals surface area contributed by atoms with Gasteiger partial charge < -0.3 is 10.2 Å². The average Bonchev–Trinajstić information content (AvgIpc) is 2.44. The van der Waals surface area contributed by atoms with Crippen LogP contribution in [0.4, 0.5) is 10.1 Å². The van der Waals surface area contributed by atoms with E-state index in [1.807, 2.05) is 18.2 Å². The van der Waals surface area contributed by atoms with Crippen molar-refractivity contribution in [2.75, 3.05) is 19.4 Å². The highest BCUT2D eigenvalue weighted by Crippen LogP contribution is 2.13. The minimum atomic E-state index is -0.249. The van der Waals surface area contributed by atoms with Crippen molar-refractivity contribution in [3.05, 3.63) is 65.5 Å². The van der Waals surface area contributed by atoms with Crippen LogP contribution in [0.5, 0.6) is 0 Å². The summed E-state index contributed by atoms with van der Waals surface area (Å²) >= 11 is 0. The van der Waals surface area contributed by atoms with Crippen LogP contribution >= 0.6 is 0 Å². The van der Waals surface area contributed by atoms with Crippen molar-refractivity contribution >= 4 is 11.6 Å². The summed E-state index contributed by atoms with van der Waals surface area (Å²) in [5.41, 5.74) is 2.32. The number of carbonyl (C=O) groups is 1. The minimum absolute atomic E-state index is 0.0422. The van der Waals surface area contributed by atoms with Gasteiger partial charge in [0.1, 0.15) is 5.82 Å². The van der Waals surface area contributed by atoms with Crippen LogP contribution in [-0.2, 0) is 6.54 Å². The Morgan fingerprint density at radius 3 is 2.60 bits per heavy atom. The first-order valence-corrected chi connectivity index (χ1v) is 6.36. The zero-order valence-electron chi connectivity index (χ0n) is 11.6. The Labute approximate surface area is 118 Å². The molecule has 0 aliphatic carbocycles. The molecule has 4 heteroatoms. The van der Waals surface area contributed by atoms with Gasteiger partial charge in [-0.15, -0.1) is 0 Å². The van der Waals surface area contributed by atoms with E-state index in [0.29, 0.717) is 12.1 Å². The maximum atomic E-state index is 13.1. The summed E-state index contributed by atoms with van der Waals surface area (Å²) in [6.45, 7) is 0.511. The molecule has 20 heavy (non-hydrogen) atoms. The van der Waals surface area contributed by atoms with E-state index in [1.54, 1.807) is 32.3 Å². The van der Waals surface area contributed by atoms with E-state index >= 15 is 0 Å². The molecule has 1 amide bonds. The fourth-order valence-electron chi connectivity index (χ4n) is 1.87. The predicted octanol–water partition coefficient (Wildman–Crippen LogP) is 3.14. The highest BCUT2D eigenvalue weighted by molar-refractivity contribution is 5.94. The van der Waals surface area contributed by atoms with E-state index in [9.17, 15) is 9.18 Å². The van der Waals surface area contributed by atoms with E-state index in [2.05, 4.69) is 5.32 Å². The number of hydrogen-bond acceptors (Lipinski definition) is 2. The number of nitrogens with zero attached hydrogens (tertiary/aromatic N) is 1. The molecule has 0 radical (unpaired) electrons. The molecule has 3 nitrogen and oxygen atoms in total. The molecular formula is C16H17FN2O. The van der Waals surface area contributed by atoms with Crippen LogP contribution in [0.15, 0.2) is 48.5 Å². The Bertz CT molecular complexity index is 611. The van der Waals surface area contributed by atoms with Crippen molar-refractivity contribution in [1.82, 2.24) is 4.90 Å². The predicted molar refractivity (Wildman–Crippen MR) is 78.2 cm³/mol. The molecule has 0 heterocycles. The maximum Gasteiger partial charge on any atom is 0.253 e. The SMILES string of the molecule is CN(C)C(=O)c1cccc(NCc2cccc(F)c2)c1. The number of rotatable bonds is 4. The monoisotopic (exact) mass is 272 g/mol. The second-order valence-electron chi connectivity index (χ2n) is 4.76. The summed E-state index contributed by atoms with van der Waals surface area (Å²) in [6.07, 6.45) is 0. The van der Waals surface area contributed by atoms with Gasteiger partial charge in [-0.05, 0) is 35.9 Å². The van der Waals surface area contributed by atoms with Crippen LogP contribution in [0.2, 0.25) is 0 Å². The molecular weight excluding hydrogens is 255 g/mol. The van der Waals surface area contributed by atoms with Crippen LogP contribution in [0.1, 0.15) is 15.9 Å². The first-order chi connectivity index (χ1) is 9.56. The lowest BCUT2D eigenvalue weighted by molar-refractivity contribution is 0.0827. The van der Waals surface area contributed by atoms with Crippen LogP contribution in [0.3, 0.4) is 0 Å². The summed E-state index contributed by atoms with van der Waals surface area (Å²) < 4.78 is 13.1. The van der Waals surface area contributed by atoms with Gasteiger partial charge in [0.2, 0.25) is 0 Å². The van der Waals surface area contributed by atoms with Gasteiger partial charge in [0.25, 0.3) is 5.91 Å². The van der Waals surface area contributed by atoms with Crippen LogP contribution < -0.4 is 5.32 Å². The first kappa shape index (κ1) is 14.1. The Hall–Kier alpha value is -2.36. The molecule has 0 unspecified atom stereocenters. The van der Waals surface area contributed by atoms with Gasteiger partial charge in [-0.1, -0.05) is 18.2 Å². The number of carbonyl (C=O) groups excluding carboxylic acids is 1. The highest BCUT2D eigenvalue weighted by Gasteiger charge is 2.07. The minimum Gasteiger partial charge on any atom is -0.381 e. The van der Waals surface area contributed by atoms with Crippen molar-refractivity contribution in [3.8, 4) is 0 Å². The first-order valence-electron chi connectivity index (χ1n) is 6.36. The second kappa shape index (κ2) is 6.19. The molecule has 0 saturated heterocycles. The lowest BCUT2D eigenvalue weighted by atomic mass is 10.1. The number of halogens is 1. The number of benzene rings is 2. The van der Waals surface area contributed by atoms with Crippen molar-refractivity contribution < 1.29 is 9.18 Å². The third-order valence-corrected chi connectivity index (χ3v) is 2.90. The van der Waals surface area contributed by atoms with E-state index in [-0.39, 0.29) is 11.7 Å². The van der Waals surface area contributed by atoms with Crippen molar-refractivity contribution in [1.29, 1.82) is 0 Å². The molecule has 0 bridgehead atoms. The maximum absolute atomic E-state index is 13.1. The summed E-state index contributed by atoms with van der Waals surface area (Å²) in [7, 11) is 3.43. The molecule has 0 spiro atoms. The van der Waals surface area contributed by atoms with Gasteiger partial charge >= 0.3 is 0 Å². The Morgan fingerprint density at radius 2 is 1.90 bits per heavy atom.